The predicted octanol–water partition coefficient (Wildman–Crippen LogP) is 3.35. The van der Waals surface area contributed by atoms with Crippen LogP contribution in [0.2, 0.25) is 5.02 Å². The predicted molar refractivity (Wildman–Crippen MR) is 73.5 cm³/mol. The molecule has 1 aromatic heterocycles. The molecule has 0 unspecified atom stereocenters. The molecule has 0 aliphatic heterocycles. The molecule has 0 aliphatic carbocycles. The van der Waals surface area contributed by atoms with E-state index in [1.807, 2.05) is 6.92 Å². The highest BCUT2D eigenvalue weighted by molar-refractivity contribution is 6.43. The Morgan fingerprint density at radius 1 is 1.37 bits per heavy atom. The molecule has 0 atom stereocenters. The minimum atomic E-state index is -0.825. The van der Waals surface area contributed by atoms with Crippen LogP contribution in [0.5, 0.6) is 0 Å². The van der Waals surface area contributed by atoms with Crippen molar-refractivity contribution in [1.29, 1.82) is 0 Å². The Kier molecular flexibility index (Phi) is 4.22. The number of unbranched alkanes of at least 4 members (excludes halogenated alkanes) is 1. The van der Waals surface area contributed by atoms with Crippen molar-refractivity contribution < 1.29 is 14.3 Å². The van der Waals surface area contributed by atoms with Crippen molar-refractivity contribution in [3.63, 3.8) is 0 Å². The molecule has 0 fully saturated rings. The molecular weight excluding hydrogens is 266 g/mol. The zero-order chi connectivity index (χ0) is 13.8. The van der Waals surface area contributed by atoms with Gasteiger partial charge in [0.15, 0.2) is 0 Å². The number of ether oxygens (including phenoxy) is 1. The van der Waals surface area contributed by atoms with Crippen LogP contribution >= 0.6 is 11.6 Å². The van der Waals surface area contributed by atoms with E-state index in [-0.39, 0.29) is 6.61 Å². The van der Waals surface area contributed by atoms with E-state index in [0.29, 0.717) is 16.0 Å². The number of halogens is 1. The first kappa shape index (κ1) is 13.6. The van der Waals surface area contributed by atoms with Gasteiger partial charge in [-0.3, -0.25) is 4.79 Å². The number of nitrogens with one attached hydrogen (secondary N) is 1. The number of H-pyrrole nitrogens is 1. The van der Waals surface area contributed by atoms with Crippen LogP contribution in [0.3, 0.4) is 0 Å². The van der Waals surface area contributed by atoms with Gasteiger partial charge in [-0.15, -0.1) is 0 Å². The lowest BCUT2D eigenvalue weighted by Gasteiger charge is -2.02. The maximum absolute atomic E-state index is 12.0. The maximum atomic E-state index is 12.0. The molecule has 19 heavy (non-hydrogen) atoms. The van der Waals surface area contributed by atoms with Gasteiger partial charge in [0.2, 0.25) is 0 Å². The van der Waals surface area contributed by atoms with Crippen LogP contribution < -0.4 is 0 Å². The van der Waals surface area contributed by atoms with Crippen molar-refractivity contribution in [2.24, 2.45) is 0 Å². The van der Waals surface area contributed by atoms with Gasteiger partial charge in [0.1, 0.15) is 0 Å². The summed E-state index contributed by atoms with van der Waals surface area (Å²) in [5.41, 5.74) is 1.05. The summed E-state index contributed by atoms with van der Waals surface area (Å²) in [6.45, 7) is 2.25. The normalized spacial score (nSPS) is 10.6. The lowest BCUT2D eigenvalue weighted by atomic mass is 10.1. The second-order valence-electron chi connectivity index (χ2n) is 4.21. The van der Waals surface area contributed by atoms with Crippen LogP contribution in [0, 0.1) is 0 Å². The molecule has 0 spiro atoms. The number of rotatable bonds is 5. The van der Waals surface area contributed by atoms with Crippen molar-refractivity contribution in [2.45, 2.75) is 19.8 Å². The molecule has 0 amide bonds. The Labute approximate surface area is 115 Å². The number of aromatic amines is 1. The van der Waals surface area contributed by atoms with Crippen LogP contribution in [0.4, 0.5) is 0 Å². The van der Waals surface area contributed by atoms with Gasteiger partial charge in [-0.2, -0.15) is 0 Å². The number of Topliss-reactive ketones (excluding diaryl/α,β-unsaturated/α-hetero) is 1. The van der Waals surface area contributed by atoms with Crippen LogP contribution in [0.15, 0.2) is 24.4 Å². The quantitative estimate of drug-likeness (QED) is 0.395. The Balaban J connectivity index is 2.21. The molecule has 2 aromatic rings. The maximum Gasteiger partial charge on any atom is 0.379 e. The Bertz CT molecular complexity index is 618. The summed E-state index contributed by atoms with van der Waals surface area (Å²) in [6, 6.07) is 5.13. The number of hydrogen-bond donors (Lipinski definition) is 1. The molecule has 5 heteroatoms. The SMILES string of the molecule is CCCCOC(=O)C(=O)c1c[nH]c2ccc(Cl)cc12. The molecule has 0 aliphatic rings. The van der Waals surface area contributed by atoms with E-state index in [4.69, 9.17) is 16.3 Å². The van der Waals surface area contributed by atoms with E-state index in [9.17, 15) is 9.59 Å². The van der Waals surface area contributed by atoms with E-state index in [0.717, 1.165) is 18.4 Å². The van der Waals surface area contributed by atoms with Gasteiger partial charge in [0, 0.05) is 22.1 Å². The molecule has 1 N–H and O–H groups in total. The van der Waals surface area contributed by atoms with Crippen LogP contribution in [-0.2, 0) is 9.53 Å². The number of hydrogen-bond acceptors (Lipinski definition) is 3. The fourth-order valence-corrected chi connectivity index (χ4v) is 1.94. The molecule has 0 bridgehead atoms. The van der Waals surface area contributed by atoms with Gasteiger partial charge in [-0.1, -0.05) is 24.9 Å². The van der Waals surface area contributed by atoms with Crippen molar-refractivity contribution in [1.82, 2.24) is 4.98 Å². The van der Waals surface area contributed by atoms with E-state index in [1.165, 1.54) is 6.20 Å². The second-order valence-corrected chi connectivity index (χ2v) is 4.65. The minimum Gasteiger partial charge on any atom is -0.460 e. The summed E-state index contributed by atoms with van der Waals surface area (Å²) < 4.78 is 4.91. The minimum absolute atomic E-state index is 0.268. The Morgan fingerprint density at radius 3 is 2.89 bits per heavy atom. The van der Waals surface area contributed by atoms with Crippen molar-refractivity contribution >= 4 is 34.3 Å². The third-order valence-electron chi connectivity index (χ3n) is 2.80. The van der Waals surface area contributed by atoms with Gasteiger partial charge < -0.3 is 9.72 Å². The summed E-state index contributed by atoms with van der Waals surface area (Å²) in [7, 11) is 0. The highest BCUT2D eigenvalue weighted by Gasteiger charge is 2.21. The van der Waals surface area contributed by atoms with Gasteiger partial charge in [-0.05, 0) is 24.6 Å². The smallest absolute Gasteiger partial charge is 0.379 e. The third kappa shape index (κ3) is 2.96. The average molecular weight is 280 g/mol. The third-order valence-corrected chi connectivity index (χ3v) is 3.04. The van der Waals surface area contributed by atoms with Crippen molar-refractivity contribution in [2.75, 3.05) is 6.61 Å². The highest BCUT2D eigenvalue weighted by atomic mass is 35.5. The standard InChI is InChI=1S/C14H14ClNO3/c1-2-3-6-19-14(18)13(17)11-8-16-12-5-4-9(15)7-10(11)12/h4-5,7-8,16H,2-3,6H2,1H3. The molecule has 1 aromatic carbocycles. The summed E-state index contributed by atoms with van der Waals surface area (Å²) in [6.07, 6.45) is 3.16. The monoisotopic (exact) mass is 279 g/mol. The number of esters is 1. The summed E-state index contributed by atoms with van der Waals surface area (Å²) in [5, 5.41) is 1.14. The highest BCUT2D eigenvalue weighted by Crippen LogP contribution is 2.23. The van der Waals surface area contributed by atoms with E-state index < -0.39 is 11.8 Å². The molecule has 0 radical (unpaired) electrons. The van der Waals surface area contributed by atoms with Crippen molar-refractivity contribution in [3.8, 4) is 0 Å². The number of fused-ring (bicyclic) bond motifs is 1. The number of benzene rings is 1. The Hall–Kier alpha value is -1.81. The summed E-state index contributed by atoms with van der Waals surface area (Å²) in [5.74, 6) is -1.47. The van der Waals surface area contributed by atoms with Gasteiger partial charge in [0.05, 0.1) is 12.2 Å². The molecule has 0 saturated carbocycles. The summed E-state index contributed by atoms with van der Waals surface area (Å²) in [4.78, 5) is 26.5. The van der Waals surface area contributed by atoms with Crippen LogP contribution in [0.1, 0.15) is 30.1 Å². The fraction of sp³-hybridized carbons (Fsp3) is 0.286. The first-order valence-corrected chi connectivity index (χ1v) is 6.49. The first-order chi connectivity index (χ1) is 9.13. The first-order valence-electron chi connectivity index (χ1n) is 6.11. The molecule has 4 nitrogen and oxygen atoms in total. The van der Waals surface area contributed by atoms with Gasteiger partial charge >= 0.3 is 5.97 Å². The van der Waals surface area contributed by atoms with Gasteiger partial charge in [-0.25, -0.2) is 4.79 Å². The molecular formula is C14H14ClNO3. The molecule has 1 heterocycles. The average Bonchev–Trinajstić information content (AvgIpc) is 2.80. The molecule has 100 valence electrons. The lowest BCUT2D eigenvalue weighted by molar-refractivity contribution is -0.138. The van der Waals surface area contributed by atoms with E-state index in [2.05, 4.69) is 4.98 Å². The number of aromatic nitrogens is 1. The zero-order valence-electron chi connectivity index (χ0n) is 10.5. The fourth-order valence-electron chi connectivity index (χ4n) is 1.77. The number of carbonyl (C=O) groups is 2. The molecule has 2 rings (SSSR count). The van der Waals surface area contributed by atoms with E-state index >= 15 is 0 Å². The van der Waals surface area contributed by atoms with Crippen molar-refractivity contribution in [3.05, 3.63) is 35.0 Å². The van der Waals surface area contributed by atoms with E-state index in [1.54, 1.807) is 18.2 Å². The second kappa shape index (κ2) is 5.89. The summed E-state index contributed by atoms with van der Waals surface area (Å²) >= 11 is 5.89. The zero-order valence-corrected chi connectivity index (χ0v) is 11.3. The lowest BCUT2D eigenvalue weighted by Crippen LogP contribution is -2.17. The van der Waals surface area contributed by atoms with Crippen LogP contribution in [0.25, 0.3) is 10.9 Å². The van der Waals surface area contributed by atoms with Gasteiger partial charge in [0.25, 0.3) is 5.78 Å². The molecule has 0 saturated heterocycles. The topological polar surface area (TPSA) is 59.2 Å². The number of carbonyl (C=O) groups excluding carboxylic acids is 2. The Morgan fingerprint density at radius 2 is 2.16 bits per heavy atom. The van der Waals surface area contributed by atoms with Crippen LogP contribution in [-0.4, -0.2) is 23.3 Å². The largest absolute Gasteiger partial charge is 0.460 e. The number of ketones is 1.